The minimum Gasteiger partial charge on any atom is -0.121 e. The van der Waals surface area contributed by atoms with Gasteiger partial charge in [-0.15, -0.1) is 22.9 Å². The van der Waals surface area contributed by atoms with Crippen molar-refractivity contribution in [3.8, 4) is 0 Å². The van der Waals surface area contributed by atoms with Crippen LogP contribution in [0.2, 0.25) is 0 Å². The Balaban J connectivity index is 2.20. The molecule has 4 heteroatoms. The minimum atomic E-state index is 0.00743. The van der Waals surface area contributed by atoms with E-state index in [2.05, 4.69) is 69.1 Å². The molecule has 0 N–H and O–H groups in total. The quantitative estimate of drug-likeness (QED) is 0.552. The van der Waals surface area contributed by atoms with Gasteiger partial charge in [-0.3, -0.25) is 0 Å². The lowest BCUT2D eigenvalue weighted by molar-refractivity contribution is 0.912. The van der Waals surface area contributed by atoms with Crippen molar-refractivity contribution in [2.24, 2.45) is 0 Å². The molecule has 1 unspecified atom stereocenters. The van der Waals surface area contributed by atoms with Crippen LogP contribution in [0.1, 0.15) is 22.1 Å². The highest BCUT2D eigenvalue weighted by Gasteiger charge is 2.16. The van der Waals surface area contributed by atoms with Gasteiger partial charge < -0.3 is 0 Å². The van der Waals surface area contributed by atoms with Crippen LogP contribution >= 0.6 is 54.8 Å². The molecule has 1 aromatic carbocycles. The number of thiophene rings is 1. The van der Waals surface area contributed by atoms with Crippen LogP contribution in [0.15, 0.2) is 37.9 Å². The monoisotopic (exact) mass is 392 g/mol. The summed E-state index contributed by atoms with van der Waals surface area (Å²) in [6.45, 7) is 2.12. The second kappa shape index (κ2) is 5.87. The third kappa shape index (κ3) is 3.34. The van der Waals surface area contributed by atoms with Crippen LogP contribution in [0.3, 0.4) is 0 Å². The van der Waals surface area contributed by atoms with Gasteiger partial charge in [-0.25, -0.2) is 0 Å². The van der Waals surface area contributed by atoms with Gasteiger partial charge in [0, 0.05) is 0 Å². The first-order valence-corrected chi connectivity index (χ1v) is 8.05. The van der Waals surface area contributed by atoms with E-state index in [9.17, 15) is 0 Å². The summed E-state index contributed by atoms with van der Waals surface area (Å²) in [5.41, 5.74) is 3.76. The molecule has 90 valence electrons. The molecule has 0 amide bonds. The Kier molecular flexibility index (Phi) is 4.70. The second-order valence-corrected chi connectivity index (χ2v) is 8.15. The molecule has 0 radical (unpaired) electrons. The maximum atomic E-state index is 6.49. The molecule has 17 heavy (non-hydrogen) atoms. The molecule has 1 atom stereocenters. The maximum absolute atomic E-state index is 6.49. The molecule has 0 saturated heterocycles. The standard InChI is InChI=1S/C13H11Br2ClS/c1-8-4-2-3-5-9(8)6-11(16)10-7-12(14)17-13(10)15/h2-5,7,11H,6H2,1H3. The molecule has 0 aliphatic carbocycles. The lowest BCUT2D eigenvalue weighted by Crippen LogP contribution is -1.97. The van der Waals surface area contributed by atoms with E-state index in [1.165, 1.54) is 11.1 Å². The van der Waals surface area contributed by atoms with Gasteiger partial charge in [-0.05, 0) is 68.0 Å². The third-order valence-corrected chi connectivity index (χ3v) is 5.46. The maximum Gasteiger partial charge on any atom is 0.0757 e. The van der Waals surface area contributed by atoms with Crippen LogP contribution in [0.4, 0.5) is 0 Å². The lowest BCUT2D eigenvalue weighted by Gasteiger charge is -2.10. The molecule has 1 heterocycles. The van der Waals surface area contributed by atoms with E-state index in [1.807, 2.05) is 0 Å². The van der Waals surface area contributed by atoms with E-state index in [4.69, 9.17) is 11.6 Å². The summed E-state index contributed by atoms with van der Waals surface area (Å²) < 4.78 is 2.22. The molecule has 0 fully saturated rings. The average Bonchev–Trinajstić information content (AvgIpc) is 2.61. The minimum absolute atomic E-state index is 0.00743. The van der Waals surface area contributed by atoms with E-state index >= 15 is 0 Å². The molecule has 0 bridgehead atoms. The third-order valence-electron chi connectivity index (χ3n) is 2.68. The van der Waals surface area contributed by atoms with Gasteiger partial charge in [-0.1, -0.05) is 24.3 Å². The van der Waals surface area contributed by atoms with Crippen molar-refractivity contribution < 1.29 is 0 Å². The normalized spacial score (nSPS) is 12.7. The molecular weight excluding hydrogens is 383 g/mol. The van der Waals surface area contributed by atoms with Crippen molar-refractivity contribution in [3.05, 3.63) is 54.6 Å². The summed E-state index contributed by atoms with van der Waals surface area (Å²) in [6.07, 6.45) is 0.857. The molecule has 0 aliphatic rings. The summed E-state index contributed by atoms with van der Waals surface area (Å²) in [4.78, 5) is 0. The van der Waals surface area contributed by atoms with Crippen molar-refractivity contribution >= 4 is 54.8 Å². The summed E-state index contributed by atoms with van der Waals surface area (Å²) in [5.74, 6) is 0. The van der Waals surface area contributed by atoms with E-state index in [0.717, 1.165) is 19.6 Å². The Morgan fingerprint density at radius 1 is 1.29 bits per heavy atom. The Bertz CT molecular complexity index is 522. The number of hydrogen-bond acceptors (Lipinski definition) is 1. The Labute approximate surface area is 127 Å². The average molecular weight is 395 g/mol. The number of hydrogen-bond donors (Lipinski definition) is 0. The van der Waals surface area contributed by atoms with Gasteiger partial charge in [-0.2, -0.15) is 0 Å². The van der Waals surface area contributed by atoms with Crippen LogP contribution in [0, 0.1) is 6.92 Å². The highest BCUT2D eigenvalue weighted by Crippen LogP contribution is 2.39. The predicted octanol–water partition coefficient (Wildman–Crippen LogP) is 6.10. The van der Waals surface area contributed by atoms with Gasteiger partial charge in [0.05, 0.1) is 12.9 Å². The zero-order valence-electron chi connectivity index (χ0n) is 9.21. The largest absolute Gasteiger partial charge is 0.121 e. The number of benzene rings is 1. The van der Waals surface area contributed by atoms with Crippen LogP contribution in [0.25, 0.3) is 0 Å². The fourth-order valence-electron chi connectivity index (χ4n) is 1.71. The molecule has 0 aliphatic heterocycles. The molecule has 2 aromatic rings. The van der Waals surface area contributed by atoms with Gasteiger partial charge >= 0.3 is 0 Å². The van der Waals surface area contributed by atoms with Crippen molar-refractivity contribution in [2.75, 3.05) is 0 Å². The molecule has 0 saturated carbocycles. The zero-order valence-corrected chi connectivity index (χ0v) is 14.0. The Hall–Kier alpha value is 0.170. The topological polar surface area (TPSA) is 0 Å². The predicted molar refractivity (Wildman–Crippen MR) is 83.2 cm³/mol. The number of rotatable bonds is 3. The van der Waals surface area contributed by atoms with E-state index in [0.29, 0.717) is 0 Å². The number of aryl methyl sites for hydroxylation is 1. The van der Waals surface area contributed by atoms with Gasteiger partial charge in [0.1, 0.15) is 0 Å². The van der Waals surface area contributed by atoms with Gasteiger partial charge in [0.25, 0.3) is 0 Å². The molecular formula is C13H11Br2ClS. The first kappa shape index (κ1) is 13.6. The van der Waals surface area contributed by atoms with Crippen LogP contribution < -0.4 is 0 Å². The van der Waals surface area contributed by atoms with Crippen molar-refractivity contribution in [1.82, 2.24) is 0 Å². The number of halogens is 3. The second-order valence-electron chi connectivity index (χ2n) is 3.88. The molecule has 2 rings (SSSR count). The van der Waals surface area contributed by atoms with Gasteiger partial charge in [0.15, 0.2) is 0 Å². The van der Waals surface area contributed by atoms with E-state index < -0.39 is 0 Å². The van der Waals surface area contributed by atoms with Crippen molar-refractivity contribution in [1.29, 1.82) is 0 Å². The summed E-state index contributed by atoms with van der Waals surface area (Å²) >= 11 is 15.2. The fraction of sp³-hybridized carbons (Fsp3) is 0.231. The Morgan fingerprint density at radius 2 is 2.00 bits per heavy atom. The van der Waals surface area contributed by atoms with Gasteiger partial charge in [0.2, 0.25) is 0 Å². The number of alkyl halides is 1. The summed E-state index contributed by atoms with van der Waals surface area (Å²) in [7, 11) is 0. The van der Waals surface area contributed by atoms with Crippen molar-refractivity contribution in [3.63, 3.8) is 0 Å². The van der Waals surface area contributed by atoms with Crippen LogP contribution in [0.5, 0.6) is 0 Å². The highest BCUT2D eigenvalue weighted by molar-refractivity contribution is 9.12. The Morgan fingerprint density at radius 3 is 2.59 bits per heavy atom. The summed E-state index contributed by atoms with van der Waals surface area (Å²) in [6, 6.07) is 10.5. The first-order chi connectivity index (χ1) is 8.08. The smallest absolute Gasteiger partial charge is 0.0757 e. The molecule has 0 spiro atoms. The lowest BCUT2D eigenvalue weighted by atomic mass is 10.0. The van der Waals surface area contributed by atoms with Crippen molar-refractivity contribution in [2.45, 2.75) is 18.7 Å². The van der Waals surface area contributed by atoms with E-state index in [-0.39, 0.29) is 5.38 Å². The molecule has 1 aromatic heterocycles. The summed E-state index contributed by atoms with van der Waals surface area (Å²) in [5, 5.41) is 0.00743. The van der Waals surface area contributed by atoms with E-state index in [1.54, 1.807) is 11.3 Å². The first-order valence-electron chi connectivity index (χ1n) is 5.21. The highest BCUT2D eigenvalue weighted by atomic mass is 79.9. The fourth-order valence-corrected chi connectivity index (χ4v) is 5.22. The van der Waals surface area contributed by atoms with Crippen LogP contribution in [-0.2, 0) is 6.42 Å². The molecule has 0 nitrogen and oxygen atoms in total. The van der Waals surface area contributed by atoms with Crippen LogP contribution in [-0.4, -0.2) is 0 Å². The SMILES string of the molecule is Cc1ccccc1CC(Cl)c1cc(Br)sc1Br. The zero-order chi connectivity index (χ0) is 12.4.